The second-order valence-corrected chi connectivity index (χ2v) is 7.29. The van der Waals surface area contributed by atoms with E-state index in [-0.39, 0.29) is 10.6 Å². The molecule has 0 spiro atoms. The van der Waals surface area contributed by atoms with Crippen LogP contribution < -0.4 is 10.6 Å². The monoisotopic (exact) mass is 314 g/mol. The lowest BCUT2D eigenvalue weighted by Gasteiger charge is -2.14. The average molecular weight is 314 g/mol. The van der Waals surface area contributed by atoms with E-state index < -0.39 is 21.1 Å². The summed E-state index contributed by atoms with van der Waals surface area (Å²) in [6.07, 6.45) is 0.690. The van der Waals surface area contributed by atoms with Crippen LogP contribution in [0.4, 0.5) is 10.5 Å². The van der Waals surface area contributed by atoms with E-state index in [0.717, 1.165) is 0 Å². The number of methoxy groups -OCH3 is 1. The lowest BCUT2D eigenvalue weighted by molar-refractivity contribution is 0.194. The number of sulfone groups is 1. The number of hydrogen-bond donors (Lipinski definition) is 2. The minimum Gasteiger partial charge on any atom is -0.385 e. The molecule has 1 rings (SSSR count). The van der Waals surface area contributed by atoms with Crippen LogP contribution in [0.15, 0.2) is 29.2 Å². The number of amides is 2. The van der Waals surface area contributed by atoms with Gasteiger partial charge < -0.3 is 15.4 Å². The molecule has 7 heteroatoms. The first-order chi connectivity index (χ1) is 9.89. The number of carbonyl (C=O) groups excluding carboxylic acids is 1. The van der Waals surface area contributed by atoms with Crippen LogP contribution in [0.5, 0.6) is 0 Å². The zero-order valence-corrected chi connectivity index (χ0v) is 13.4. The quantitative estimate of drug-likeness (QED) is 0.754. The molecule has 0 saturated heterocycles. The van der Waals surface area contributed by atoms with Gasteiger partial charge in [-0.25, -0.2) is 13.2 Å². The fourth-order valence-electron chi connectivity index (χ4n) is 1.66. The van der Waals surface area contributed by atoms with E-state index in [0.29, 0.717) is 19.6 Å². The molecule has 0 atom stereocenters. The number of ether oxygens (including phenoxy) is 1. The van der Waals surface area contributed by atoms with E-state index >= 15 is 0 Å². The van der Waals surface area contributed by atoms with Gasteiger partial charge >= 0.3 is 6.03 Å². The third kappa shape index (κ3) is 5.02. The van der Waals surface area contributed by atoms with Crippen molar-refractivity contribution in [1.82, 2.24) is 5.32 Å². The number of para-hydroxylation sites is 1. The zero-order valence-electron chi connectivity index (χ0n) is 12.5. The van der Waals surface area contributed by atoms with Gasteiger partial charge in [-0.3, -0.25) is 0 Å². The molecular weight excluding hydrogens is 292 g/mol. The molecule has 0 heterocycles. The second kappa shape index (κ2) is 7.99. The summed E-state index contributed by atoms with van der Waals surface area (Å²) in [6, 6.07) is 5.95. The third-order valence-corrected chi connectivity index (χ3v) is 5.08. The molecule has 0 aliphatic carbocycles. The van der Waals surface area contributed by atoms with Crippen LogP contribution in [-0.2, 0) is 14.6 Å². The molecule has 0 fully saturated rings. The maximum atomic E-state index is 12.2. The molecule has 0 unspecified atom stereocenters. The van der Waals surface area contributed by atoms with E-state index in [2.05, 4.69) is 10.6 Å². The molecule has 1 aromatic carbocycles. The van der Waals surface area contributed by atoms with Gasteiger partial charge in [0, 0.05) is 20.3 Å². The van der Waals surface area contributed by atoms with Crippen molar-refractivity contribution in [2.45, 2.75) is 30.4 Å². The molecule has 2 N–H and O–H groups in total. The Labute approximate surface area is 125 Å². The van der Waals surface area contributed by atoms with Crippen molar-refractivity contribution in [3.05, 3.63) is 24.3 Å². The van der Waals surface area contributed by atoms with Crippen LogP contribution in [0.1, 0.15) is 20.3 Å². The molecule has 118 valence electrons. The molecule has 0 bridgehead atoms. The van der Waals surface area contributed by atoms with Crippen molar-refractivity contribution in [1.29, 1.82) is 0 Å². The summed E-state index contributed by atoms with van der Waals surface area (Å²) in [5.41, 5.74) is 0.287. The Kier molecular flexibility index (Phi) is 6.64. The predicted molar refractivity (Wildman–Crippen MR) is 82.3 cm³/mol. The average Bonchev–Trinajstić information content (AvgIpc) is 2.44. The predicted octanol–water partition coefficient (Wildman–Crippen LogP) is 2.03. The second-order valence-electron chi connectivity index (χ2n) is 4.82. The molecule has 0 saturated carbocycles. The standard InChI is InChI=1S/C14H22N2O4S/c1-11(2)21(18,19)13-8-5-4-7-12(13)16-14(17)15-9-6-10-20-3/h4-5,7-8,11H,6,9-10H2,1-3H3,(H2,15,16,17). The first kappa shape index (κ1) is 17.5. The van der Waals surface area contributed by atoms with Gasteiger partial charge in [0.1, 0.15) is 0 Å². The van der Waals surface area contributed by atoms with Crippen LogP contribution in [0.2, 0.25) is 0 Å². The fourth-order valence-corrected chi connectivity index (χ4v) is 2.86. The summed E-state index contributed by atoms with van der Waals surface area (Å²) in [4.78, 5) is 11.9. The minimum absolute atomic E-state index is 0.132. The van der Waals surface area contributed by atoms with Gasteiger partial charge in [0.25, 0.3) is 0 Å². The van der Waals surface area contributed by atoms with E-state index in [9.17, 15) is 13.2 Å². The summed E-state index contributed by atoms with van der Waals surface area (Å²) in [5.74, 6) is 0. The number of nitrogens with one attached hydrogen (secondary N) is 2. The summed E-state index contributed by atoms with van der Waals surface area (Å²) in [7, 11) is -1.85. The van der Waals surface area contributed by atoms with Crippen molar-refractivity contribution in [2.24, 2.45) is 0 Å². The molecule has 0 aromatic heterocycles. The van der Waals surface area contributed by atoms with Gasteiger partial charge in [-0.15, -0.1) is 0 Å². The molecule has 0 aliphatic rings. The van der Waals surface area contributed by atoms with Crippen LogP contribution in [0, 0.1) is 0 Å². The maximum absolute atomic E-state index is 12.2. The van der Waals surface area contributed by atoms with Crippen molar-refractivity contribution < 1.29 is 17.9 Å². The van der Waals surface area contributed by atoms with Crippen molar-refractivity contribution in [3.63, 3.8) is 0 Å². The first-order valence-corrected chi connectivity index (χ1v) is 8.31. The Morgan fingerprint density at radius 3 is 2.57 bits per heavy atom. The number of urea groups is 1. The van der Waals surface area contributed by atoms with Crippen molar-refractivity contribution >= 4 is 21.6 Å². The zero-order chi connectivity index (χ0) is 15.9. The Bertz CT molecular complexity index is 570. The van der Waals surface area contributed by atoms with Crippen LogP contribution in [0.25, 0.3) is 0 Å². The topological polar surface area (TPSA) is 84.5 Å². The molecule has 2 amide bonds. The SMILES string of the molecule is COCCCNC(=O)Nc1ccccc1S(=O)(=O)C(C)C. The summed E-state index contributed by atoms with van der Waals surface area (Å²) < 4.78 is 29.4. The van der Waals surface area contributed by atoms with E-state index in [1.807, 2.05) is 0 Å². The maximum Gasteiger partial charge on any atom is 0.319 e. The number of hydrogen-bond acceptors (Lipinski definition) is 4. The minimum atomic E-state index is -3.44. The van der Waals surface area contributed by atoms with E-state index in [4.69, 9.17) is 4.74 Å². The molecule has 1 aromatic rings. The highest BCUT2D eigenvalue weighted by atomic mass is 32.2. The van der Waals surface area contributed by atoms with Gasteiger partial charge in [0.2, 0.25) is 0 Å². The number of carbonyl (C=O) groups is 1. The normalized spacial score (nSPS) is 11.4. The summed E-state index contributed by atoms with van der Waals surface area (Å²) in [6.45, 7) is 4.23. The highest BCUT2D eigenvalue weighted by molar-refractivity contribution is 7.92. The van der Waals surface area contributed by atoms with Crippen molar-refractivity contribution in [3.8, 4) is 0 Å². The smallest absolute Gasteiger partial charge is 0.319 e. The van der Waals surface area contributed by atoms with Gasteiger partial charge in [0.15, 0.2) is 9.84 Å². The third-order valence-electron chi connectivity index (χ3n) is 2.87. The van der Waals surface area contributed by atoms with Crippen LogP contribution >= 0.6 is 0 Å². The summed E-state index contributed by atoms with van der Waals surface area (Å²) in [5, 5.41) is 4.68. The van der Waals surface area contributed by atoms with E-state index in [1.165, 1.54) is 6.07 Å². The molecule has 0 aliphatic heterocycles. The molecule has 6 nitrogen and oxygen atoms in total. The molecular formula is C14H22N2O4S. The van der Waals surface area contributed by atoms with Crippen LogP contribution in [-0.4, -0.2) is 40.0 Å². The summed E-state index contributed by atoms with van der Waals surface area (Å²) >= 11 is 0. The molecule has 21 heavy (non-hydrogen) atoms. The largest absolute Gasteiger partial charge is 0.385 e. The van der Waals surface area contributed by atoms with E-state index in [1.54, 1.807) is 39.2 Å². The Morgan fingerprint density at radius 2 is 1.95 bits per heavy atom. The highest BCUT2D eigenvalue weighted by Crippen LogP contribution is 2.24. The van der Waals surface area contributed by atoms with Gasteiger partial charge in [-0.05, 0) is 32.4 Å². The van der Waals surface area contributed by atoms with Gasteiger partial charge in [0.05, 0.1) is 15.8 Å². The Balaban J connectivity index is 2.79. The number of rotatable bonds is 7. The Morgan fingerprint density at radius 1 is 1.29 bits per heavy atom. The van der Waals surface area contributed by atoms with Crippen LogP contribution in [0.3, 0.4) is 0 Å². The highest BCUT2D eigenvalue weighted by Gasteiger charge is 2.22. The van der Waals surface area contributed by atoms with Gasteiger partial charge in [-0.2, -0.15) is 0 Å². The lowest BCUT2D eigenvalue weighted by Crippen LogP contribution is -2.30. The number of benzene rings is 1. The fraction of sp³-hybridized carbons (Fsp3) is 0.500. The van der Waals surface area contributed by atoms with Gasteiger partial charge in [-0.1, -0.05) is 12.1 Å². The first-order valence-electron chi connectivity index (χ1n) is 6.76. The molecule has 0 radical (unpaired) electrons. The lowest BCUT2D eigenvalue weighted by atomic mass is 10.3. The number of anilines is 1. The Hall–Kier alpha value is -1.60. The van der Waals surface area contributed by atoms with Crippen molar-refractivity contribution in [2.75, 3.05) is 25.6 Å².